The number of rotatable bonds is 0. The van der Waals surface area contributed by atoms with Crippen molar-refractivity contribution in [2.45, 2.75) is 63.6 Å². The quantitative estimate of drug-likeness (QED) is 0.533. The smallest absolute Gasteiger partial charge is 0.0190 e. The van der Waals surface area contributed by atoms with E-state index in [0.29, 0.717) is 5.54 Å². The van der Waals surface area contributed by atoms with E-state index in [9.17, 15) is 0 Å². The van der Waals surface area contributed by atoms with Crippen LogP contribution >= 0.6 is 0 Å². The van der Waals surface area contributed by atoms with E-state index >= 15 is 0 Å². The molecule has 2 aliphatic heterocycles. The lowest BCUT2D eigenvalue weighted by atomic mass is 9.97. The van der Waals surface area contributed by atoms with E-state index in [0.717, 1.165) is 18.0 Å². The van der Waals surface area contributed by atoms with Crippen LogP contribution in [0.3, 0.4) is 0 Å². The fraction of sp³-hybridized carbons (Fsp3) is 1.00. The van der Waals surface area contributed by atoms with Crippen molar-refractivity contribution in [3.63, 3.8) is 0 Å². The van der Waals surface area contributed by atoms with Gasteiger partial charge >= 0.3 is 0 Å². The highest BCUT2D eigenvalue weighted by Gasteiger charge is 2.56. The second-order valence-electron chi connectivity index (χ2n) is 5.40. The summed E-state index contributed by atoms with van der Waals surface area (Å²) in [5.41, 5.74) is 0.616. The summed E-state index contributed by atoms with van der Waals surface area (Å²) >= 11 is 0. The molecule has 2 heterocycles. The molecule has 3 aliphatic rings. The van der Waals surface area contributed by atoms with Gasteiger partial charge in [0.05, 0.1) is 0 Å². The lowest BCUT2D eigenvalue weighted by Gasteiger charge is -2.40. The fourth-order valence-corrected chi connectivity index (χ4v) is 4.24. The van der Waals surface area contributed by atoms with E-state index in [2.05, 4.69) is 18.7 Å². The molecular formula is C11H19N. The van der Waals surface area contributed by atoms with Crippen LogP contribution in [0.5, 0.6) is 0 Å². The van der Waals surface area contributed by atoms with Gasteiger partial charge in [0.25, 0.3) is 0 Å². The Bertz CT molecular complexity index is 213. The molecule has 2 bridgehead atoms. The van der Waals surface area contributed by atoms with Gasteiger partial charge in [-0.15, -0.1) is 0 Å². The molecule has 4 unspecified atom stereocenters. The molecule has 3 fully saturated rings. The van der Waals surface area contributed by atoms with Gasteiger partial charge in [0.15, 0.2) is 0 Å². The first kappa shape index (κ1) is 7.37. The second kappa shape index (κ2) is 2.06. The van der Waals surface area contributed by atoms with Crippen LogP contribution in [-0.2, 0) is 0 Å². The van der Waals surface area contributed by atoms with E-state index in [-0.39, 0.29) is 0 Å². The van der Waals surface area contributed by atoms with Crippen LogP contribution in [-0.4, -0.2) is 22.5 Å². The predicted octanol–water partition coefficient (Wildman–Crippen LogP) is 2.41. The third kappa shape index (κ3) is 0.693. The van der Waals surface area contributed by atoms with Gasteiger partial charge in [0, 0.05) is 17.6 Å². The third-order valence-electron chi connectivity index (χ3n) is 4.64. The molecule has 0 radical (unpaired) electrons. The number of piperidine rings is 1. The molecule has 1 nitrogen and oxygen atoms in total. The maximum absolute atomic E-state index is 2.85. The Morgan fingerprint density at radius 1 is 1.25 bits per heavy atom. The predicted molar refractivity (Wildman–Crippen MR) is 50.1 cm³/mol. The average molecular weight is 165 g/mol. The van der Waals surface area contributed by atoms with E-state index in [1.54, 1.807) is 0 Å². The summed E-state index contributed by atoms with van der Waals surface area (Å²) < 4.78 is 0. The topological polar surface area (TPSA) is 3.24 Å². The summed E-state index contributed by atoms with van der Waals surface area (Å²) in [4.78, 5) is 2.85. The Morgan fingerprint density at radius 2 is 2.08 bits per heavy atom. The normalized spacial score (nSPS) is 58.0. The van der Waals surface area contributed by atoms with E-state index < -0.39 is 0 Å². The molecule has 12 heavy (non-hydrogen) atoms. The van der Waals surface area contributed by atoms with Crippen molar-refractivity contribution in [2.75, 3.05) is 0 Å². The average Bonchev–Trinajstić information content (AvgIpc) is 2.61. The van der Waals surface area contributed by atoms with Gasteiger partial charge in [-0.2, -0.15) is 0 Å². The molecule has 3 rings (SSSR count). The Kier molecular flexibility index (Phi) is 1.27. The lowest BCUT2D eigenvalue weighted by Crippen LogP contribution is -2.47. The molecule has 0 aromatic rings. The monoisotopic (exact) mass is 165 g/mol. The van der Waals surface area contributed by atoms with Crippen LogP contribution in [0.4, 0.5) is 0 Å². The molecule has 1 aliphatic carbocycles. The Hall–Kier alpha value is -0.0400. The number of hydrogen-bond acceptors (Lipinski definition) is 1. The zero-order valence-corrected chi connectivity index (χ0v) is 8.21. The van der Waals surface area contributed by atoms with Crippen LogP contribution in [0.25, 0.3) is 0 Å². The van der Waals surface area contributed by atoms with Crippen LogP contribution in [0.15, 0.2) is 0 Å². The molecule has 2 saturated heterocycles. The van der Waals surface area contributed by atoms with Crippen molar-refractivity contribution in [3.05, 3.63) is 0 Å². The van der Waals surface area contributed by atoms with Crippen molar-refractivity contribution in [1.29, 1.82) is 0 Å². The Labute approximate surface area is 75.1 Å². The molecule has 0 N–H and O–H groups in total. The molecule has 1 heteroatoms. The van der Waals surface area contributed by atoms with E-state index in [4.69, 9.17) is 0 Å². The molecule has 1 saturated carbocycles. The van der Waals surface area contributed by atoms with Crippen molar-refractivity contribution in [1.82, 2.24) is 4.90 Å². The van der Waals surface area contributed by atoms with Gasteiger partial charge in [-0.1, -0.05) is 0 Å². The maximum atomic E-state index is 2.85. The molecular weight excluding hydrogens is 146 g/mol. The molecule has 0 aromatic heterocycles. The van der Waals surface area contributed by atoms with E-state index in [1.807, 2.05) is 0 Å². The zero-order valence-electron chi connectivity index (χ0n) is 8.21. The van der Waals surface area contributed by atoms with Gasteiger partial charge in [0.1, 0.15) is 0 Å². The van der Waals surface area contributed by atoms with Gasteiger partial charge in [-0.3, -0.25) is 4.90 Å². The Balaban J connectivity index is 1.98. The minimum Gasteiger partial charge on any atom is -0.292 e. The van der Waals surface area contributed by atoms with Crippen molar-refractivity contribution < 1.29 is 0 Å². The minimum absolute atomic E-state index is 0.616. The van der Waals surface area contributed by atoms with Gasteiger partial charge in [0.2, 0.25) is 0 Å². The van der Waals surface area contributed by atoms with Crippen molar-refractivity contribution in [3.8, 4) is 0 Å². The second-order valence-corrected chi connectivity index (χ2v) is 5.40. The first-order chi connectivity index (χ1) is 5.71. The summed E-state index contributed by atoms with van der Waals surface area (Å²) in [5.74, 6) is 1.07. The third-order valence-corrected chi connectivity index (χ3v) is 4.64. The fourth-order valence-electron chi connectivity index (χ4n) is 4.24. The first-order valence-corrected chi connectivity index (χ1v) is 5.49. The molecule has 0 amide bonds. The van der Waals surface area contributed by atoms with Crippen LogP contribution in [0.2, 0.25) is 0 Å². The van der Waals surface area contributed by atoms with Gasteiger partial charge in [-0.25, -0.2) is 0 Å². The number of nitrogens with zero attached hydrogens (tertiary/aromatic N) is 1. The highest BCUT2D eigenvalue weighted by atomic mass is 15.3. The molecule has 0 aromatic carbocycles. The van der Waals surface area contributed by atoms with Gasteiger partial charge < -0.3 is 0 Å². The standard InChI is InChI=1S/C11H19N/c1-8-3-4-10-9-5-6-11(2,7-9)12(8)10/h8-10H,3-7H2,1-2H3. The molecule has 68 valence electrons. The van der Waals surface area contributed by atoms with Gasteiger partial charge in [-0.05, 0) is 51.9 Å². The minimum atomic E-state index is 0.616. The lowest BCUT2D eigenvalue weighted by molar-refractivity contribution is 0.0797. The van der Waals surface area contributed by atoms with Crippen LogP contribution < -0.4 is 0 Å². The molecule has 0 spiro atoms. The largest absolute Gasteiger partial charge is 0.292 e. The van der Waals surface area contributed by atoms with E-state index in [1.165, 1.54) is 32.1 Å². The van der Waals surface area contributed by atoms with Crippen LogP contribution in [0, 0.1) is 5.92 Å². The SMILES string of the molecule is CC1CCC2C3CCC(C)(C3)N12. The number of fused-ring (bicyclic) bond motifs is 5. The maximum Gasteiger partial charge on any atom is 0.0190 e. The number of hydrogen-bond donors (Lipinski definition) is 0. The summed E-state index contributed by atoms with van der Waals surface area (Å²) in [7, 11) is 0. The zero-order chi connectivity index (χ0) is 8.34. The summed E-state index contributed by atoms with van der Waals surface area (Å²) in [6.45, 7) is 4.92. The Morgan fingerprint density at radius 3 is 2.83 bits per heavy atom. The highest BCUT2D eigenvalue weighted by molar-refractivity contribution is 5.11. The van der Waals surface area contributed by atoms with Crippen molar-refractivity contribution >= 4 is 0 Å². The summed E-state index contributed by atoms with van der Waals surface area (Å²) in [6, 6.07) is 1.86. The first-order valence-electron chi connectivity index (χ1n) is 5.49. The summed E-state index contributed by atoms with van der Waals surface area (Å²) in [5, 5.41) is 0. The summed E-state index contributed by atoms with van der Waals surface area (Å²) in [6.07, 6.45) is 7.43. The highest BCUT2D eigenvalue weighted by Crippen LogP contribution is 2.55. The van der Waals surface area contributed by atoms with Crippen molar-refractivity contribution in [2.24, 2.45) is 5.92 Å². The molecule has 4 atom stereocenters. The van der Waals surface area contributed by atoms with Crippen LogP contribution in [0.1, 0.15) is 46.0 Å².